The first-order valence-corrected chi connectivity index (χ1v) is 13.5. The molecule has 0 spiro atoms. The first-order valence-electron chi connectivity index (χ1n) is 13.5. The SMILES string of the molecule is c1ccc(-c2nc3ccccc3nc2-n2c3ccc4cccc5c4c3c3c4c(ccc32)oc2cccc-5c24)cc1. The summed E-state index contributed by atoms with van der Waals surface area (Å²) in [7, 11) is 0. The van der Waals surface area contributed by atoms with Gasteiger partial charge in [-0.15, -0.1) is 0 Å². The number of hydrogen-bond donors (Lipinski definition) is 0. The maximum Gasteiger partial charge on any atom is 0.165 e. The lowest BCUT2D eigenvalue weighted by Crippen LogP contribution is -2.03. The summed E-state index contributed by atoms with van der Waals surface area (Å²) < 4.78 is 8.76. The normalized spacial score (nSPS) is 12.5. The molecule has 3 heterocycles. The van der Waals surface area contributed by atoms with E-state index in [4.69, 9.17) is 14.4 Å². The van der Waals surface area contributed by atoms with Crippen LogP contribution in [0.1, 0.15) is 0 Å². The minimum Gasteiger partial charge on any atom is -0.456 e. The van der Waals surface area contributed by atoms with Crippen LogP contribution >= 0.6 is 0 Å². The molecule has 6 aromatic carbocycles. The Bertz CT molecular complexity index is 2540. The summed E-state index contributed by atoms with van der Waals surface area (Å²) in [5.74, 6) is 0.828. The number of para-hydroxylation sites is 2. The van der Waals surface area contributed by atoms with E-state index in [9.17, 15) is 0 Å². The number of furan rings is 1. The molecule has 0 N–H and O–H groups in total. The molecule has 0 atom stereocenters. The largest absolute Gasteiger partial charge is 0.456 e. The van der Waals surface area contributed by atoms with Crippen LogP contribution in [0.3, 0.4) is 0 Å². The first kappa shape index (κ1) is 20.5. The molecule has 0 saturated carbocycles. The van der Waals surface area contributed by atoms with E-state index in [1.54, 1.807) is 0 Å². The van der Waals surface area contributed by atoms with Gasteiger partial charge < -0.3 is 4.42 Å². The molecule has 0 amide bonds. The van der Waals surface area contributed by atoms with E-state index < -0.39 is 0 Å². The molecule has 10 rings (SSSR count). The smallest absolute Gasteiger partial charge is 0.165 e. The van der Waals surface area contributed by atoms with Gasteiger partial charge in [-0.1, -0.05) is 78.9 Å². The molecule has 0 unspecified atom stereocenters. The minimum atomic E-state index is 0.828. The number of hydrogen-bond acceptors (Lipinski definition) is 3. The second kappa shape index (κ2) is 7.13. The van der Waals surface area contributed by atoms with Crippen molar-refractivity contribution in [1.82, 2.24) is 14.5 Å². The predicted molar refractivity (Wildman–Crippen MR) is 163 cm³/mol. The molecular weight excluding hydrogens is 490 g/mol. The fourth-order valence-electron chi connectivity index (χ4n) is 6.89. The first-order chi connectivity index (χ1) is 19.8. The zero-order valence-electron chi connectivity index (χ0n) is 21.2. The Morgan fingerprint density at radius 3 is 2.00 bits per heavy atom. The summed E-state index contributed by atoms with van der Waals surface area (Å²) in [4.78, 5) is 10.5. The van der Waals surface area contributed by atoms with Gasteiger partial charge in [-0.3, -0.25) is 4.57 Å². The standard InChI is InChI=1S/C36H19N3O/c1-2-8-21(9-3-1)35-36(38-25-14-5-4-13-24(25)37-35)39-26-17-16-20-10-6-11-22-23-12-7-15-28-31(23)34-29(40-28)19-18-27(39)33(34)32(26)30(20)22/h1-19H. The number of nitrogens with zero attached hydrogens (tertiary/aromatic N) is 3. The van der Waals surface area contributed by atoms with E-state index in [-0.39, 0.29) is 0 Å². The lowest BCUT2D eigenvalue weighted by molar-refractivity contribution is 0.669. The monoisotopic (exact) mass is 509 g/mol. The Labute approximate surface area is 227 Å². The van der Waals surface area contributed by atoms with Crippen molar-refractivity contribution in [3.8, 4) is 28.2 Å². The second-order valence-electron chi connectivity index (χ2n) is 10.6. The molecule has 4 nitrogen and oxygen atoms in total. The Balaban J connectivity index is 1.49. The highest BCUT2D eigenvalue weighted by molar-refractivity contribution is 6.38. The molecule has 1 aliphatic carbocycles. The zero-order valence-corrected chi connectivity index (χ0v) is 21.2. The number of benzene rings is 6. The summed E-state index contributed by atoms with van der Waals surface area (Å²) in [5.41, 5.74) is 10.2. The number of rotatable bonds is 2. The molecular formula is C36H19N3O. The second-order valence-corrected chi connectivity index (χ2v) is 10.6. The van der Waals surface area contributed by atoms with Crippen molar-refractivity contribution in [2.24, 2.45) is 0 Å². The van der Waals surface area contributed by atoms with Gasteiger partial charge in [0.05, 0.1) is 22.1 Å². The molecule has 1 aliphatic rings. The van der Waals surface area contributed by atoms with Gasteiger partial charge in [-0.2, -0.15) is 0 Å². The Hall–Kier alpha value is -5.48. The predicted octanol–water partition coefficient (Wildman–Crippen LogP) is 9.43. The lowest BCUT2D eigenvalue weighted by atomic mass is 9.95. The fourth-order valence-corrected chi connectivity index (χ4v) is 6.89. The van der Waals surface area contributed by atoms with Crippen molar-refractivity contribution in [3.63, 3.8) is 0 Å². The molecule has 0 saturated heterocycles. The Morgan fingerprint density at radius 1 is 0.475 bits per heavy atom. The van der Waals surface area contributed by atoms with E-state index >= 15 is 0 Å². The maximum atomic E-state index is 6.44. The van der Waals surface area contributed by atoms with Gasteiger partial charge in [0.2, 0.25) is 0 Å². The van der Waals surface area contributed by atoms with Crippen molar-refractivity contribution >= 4 is 65.6 Å². The van der Waals surface area contributed by atoms with Crippen LogP contribution in [0.4, 0.5) is 0 Å². The van der Waals surface area contributed by atoms with Crippen LogP contribution < -0.4 is 0 Å². The third kappa shape index (κ3) is 2.42. The van der Waals surface area contributed by atoms with E-state index in [1.165, 1.54) is 43.4 Å². The third-order valence-electron chi connectivity index (χ3n) is 8.50. The average molecular weight is 510 g/mol. The van der Waals surface area contributed by atoms with Crippen molar-refractivity contribution < 1.29 is 4.42 Å². The highest BCUT2D eigenvalue weighted by atomic mass is 16.3. The number of aromatic nitrogens is 3. The van der Waals surface area contributed by atoms with E-state index in [2.05, 4.69) is 89.5 Å². The highest BCUT2D eigenvalue weighted by Crippen LogP contribution is 2.50. The molecule has 0 bridgehead atoms. The van der Waals surface area contributed by atoms with Crippen molar-refractivity contribution in [2.45, 2.75) is 0 Å². The fraction of sp³-hybridized carbons (Fsp3) is 0. The summed E-state index contributed by atoms with van der Waals surface area (Å²) >= 11 is 0. The summed E-state index contributed by atoms with van der Waals surface area (Å²) in [5, 5.41) is 7.30. The summed E-state index contributed by atoms with van der Waals surface area (Å²) in [6.07, 6.45) is 0. The maximum absolute atomic E-state index is 6.44. The van der Waals surface area contributed by atoms with Crippen LogP contribution in [0, 0.1) is 0 Å². The lowest BCUT2D eigenvalue weighted by Gasteiger charge is -2.14. The number of fused-ring (bicyclic) bond motifs is 2. The van der Waals surface area contributed by atoms with E-state index in [0.29, 0.717) is 0 Å². The average Bonchev–Trinajstić information content (AvgIpc) is 3.52. The van der Waals surface area contributed by atoms with Gasteiger partial charge in [-0.25, -0.2) is 9.97 Å². The van der Waals surface area contributed by atoms with Gasteiger partial charge in [0.1, 0.15) is 16.9 Å². The molecule has 40 heavy (non-hydrogen) atoms. The van der Waals surface area contributed by atoms with Gasteiger partial charge in [0.25, 0.3) is 0 Å². The molecule has 0 aliphatic heterocycles. The van der Waals surface area contributed by atoms with E-state index in [1.807, 2.05) is 30.3 Å². The van der Waals surface area contributed by atoms with Crippen molar-refractivity contribution in [1.29, 1.82) is 0 Å². The molecule has 3 aromatic heterocycles. The van der Waals surface area contributed by atoms with Crippen LogP contribution in [0.2, 0.25) is 0 Å². The summed E-state index contributed by atoms with van der Waals surface area (Å²) in [6, 6.07) is 40.3. The van der Waals surface area contributed by atoms with Gasteiger partial charge in [-0.05, 0) is 58.3 Å². The van der Waals surface area contributed by atoms with E-state index in [0.717, 1.165) is 50.3 Å². The third-order valence-corrected chi connectivity index (χ3v) is 8.50. The summed E-state index contributed by atoms with van der Waals surface area (Å²) in [6.45, 7) is 0. The van der Waals surface area contributed by atoms with Crippen LogP contribution in [0.15, 0.2) is 120 Å². The highest BCUT2D eigenvalue weighted by Gasteiger charge is 2.27. The molecule has 0 fully saturated rings. The van der Waals surface area contributed by atoms with Gasteiger partial charge in [0, 0.05) is 27.1 Å². The van der Waals surface area contributed by atoms with Gasteiger partial charge in [0.15, 0.2) is 5.82 Å². The zero-order chi connectivity index (χ0) is 25.9. The minimum absolute atomic E-state index is 0.828. The van der Waals surface area contributed by atoms with Crippen molar-refractivity contribution in [3.05, 3.63) is 115 Å². The van der Waals surface area contributed by atoms with Crippen LogP contribution in [-0.2, 0) is 0 Å². The molecule has 4 heteroatoms. The Kier molecular flexibility index (Phi) is 3.65. The Morgan fingerprint density at radius 2 is 1.15 bits per heavy atom. The van der Waals surface area contributed by atoms with Crippen LogP contribution in [-0.4, -0.2) is 14.5 Å². The van der Waals surface area contributed by atoms with Crippen LogP contribution in [0.25, 0.3) is 93.8 Å². The molecule has 9 aromatic rings. The molecule has 0 radical (unpaired) electrons. The quantitative estimate of drug-likeness (QED) is 0.233. The van der Waals surface area contributed by atoms with Gasteiger partial charge >= 0.3 is 0 Å². The topological polar surface area (TPSA) is 43.9 Å². The van der Waals surface area contributed by atoms with Crippen LogP contribution in [0.5, 0.6) is 0 Å². The molecule has 184 valence electrons. The van der Waals surface area contributed by atoms with Crippen molar-refractivity contribution in [2.75, 3.05) is 0 Å².